The van der Waals surface area contributed by atoms with Crippen LogP contribution >= 0.6 is 0 Å². The Bertz CT molecular complexity index is 871. The maximum atomic E-state index is 12.0. The molecule has 0 spiro atoms. The highest BCUT2D eigenvalue weighted by Crippen LogP contribution is 2.66. The van der Waals surface area contributed by atoms with Gasteiger partial charge in [-0.3, -0.25) is 9.78 Å². The Morgan fingerprint density at radius 1 is 1.15 bits per heavy atom. The Kier molecular flexibility index (Phi) is 3.34. The molecule has 5 atom stereocenters. The molecule has 0 radical (unpaired) electrons. The molecule has 26 heavy (non-hydrogen) atoms. The van der Waals surface area contributed by atoms with Gasteiger partial charge in [0.1, 0.15) is 0 Å². The first-order valence-electron chi connectivity index (χ1n) is 10.8. The molecule has 0 amide bonds. The Balaban J connectivity index is 1.48. The zero-order valence-electron chi connectivity index (χ0n) is 16.9. The number of allylic oxidation sites excluding steroid dienone is 4. The van der Waals surface area contributed by atoms with E-state index < -0.39 is 0 Å². The van der Waals surface area contributed by atoms with Crippen LogP contribution in [-0.4, -0.2) is 10.8 Å². The van der Waals surface area contributed by atoms with Gasteiger partial charge in [0.2, 0.25) is 0 Å². The third kappa shape index (κ3) is 2.17. The van der Waals surface area contributed by atoms with Crippen molar-refractivity contribution in [3.63, 3.8) is 0 Å². The van der Waals surface area contributed by atoms with Crippen molar-refractivity contribution in [1.29, 1.82) is 0 Å². The van der Waals surface area contributed by atoms with Gasteiger partial charge in [0.05, 0.1) is 1.37 Å². The zero-order valence-corrected chi connectivity index (χ0v) is 15.9. The van der Waals surface area contributed by atoms with Crippen LogP contribution in [0.1, 0.15) is 65.7 Å². The van der Waals surface area contributed by atoms with Crippen LogP contribution in [0.15, 0.2) is 42.2 Å². The van der Waals surface area contributed by atoms with Crippen LogP contribution in [-0.2, 0) is 4.79 Å². The smallest absolute Gasteiger partial charge is 0.155 e. The molecule has 1 heterocycles. The second kappa shape index (κ2) is 5.65. The Hall–Kier alpha value is -1.70. The first kappa shape index (κ1) is 15.4. The maximum absolute atomic E-state index is 12.0. The van der Waals surface area contributed by atoms with Gasteiger partial charge in [-0.05, 0) is 90.4 Å². The lowest BCUT2D eigenvalue weighted by atomic mass is 9.46. The first-order chi connectivity index (χ1) is 12.9. The monoisotopic (exact) mass is 348 g/mol. The molecule has 2 fully saturated rings. The van der Waals surface area contributed by atoms with Gasteiger partial charge in [-0.25, -0.2) is 0 Å². The molecule has 0 aromatic carbocycles. The summed E-state index contributed by atoms with van der Waals surface area (Å²) >= 11 is 0. The lowest BCUT2D eigenvalue weighted by molar-refractivity contribution is -0.117. The van der Waals surface area contributed by atoms with Crippen LogP contribution in [0.5, 0.6) is 0 Å². The van der Waals surface area contributed by atoms with Gasteiger partial charge in [0.25, 0.3) is 0 Å². The van der Waals surface area contributed by atoms with Crippen molar-refractivity contribution in [2.45, 2.75) is 58.8 Å². The van der Waals surface area contributed by atoms with Crippen LogP contribution in [0.2, 0.25) is 0 Å². The summed E-state index contributed by atoms with van der Waals surface area (Å²) in [5.74, 6) is 2.50. The van der Waals surface area contributed by atoms with Crippen molar-refractivity contribution in [2.75, 3.05) is 0 Å². The largest absolute Gasteiger partial charge is 0.295 e. The summed E-state index contributed by atoms with van der Waals surface area (Å²) in [7, 11) is 0. The van der Waals surface area contributed by atoms with Crippen LogP contribution < -0.4 is 0 Å². The van der Waals surface area contributed by atoms with Gasteiger partial charge in [-0.2, -0.15) is 0 Å². The van der Waals surface area contributed by atoms with Gasteiger partial charge in [-0.1, -0.05) is 31.6 Å². The minimum atomic E-state index is 0.207. The molecule has 2 saturated carbocycles. The van der Waals surface area contributed by atoms with Gasteiger partial charge < -0.3 is 0 Å². The molecular weight excluding hydrogens is 318 g/mol. The van der Waals surface area contributed by atoms with E-state index in [1.165, 1.54) is 30.4 Å². The fourth-order valence-electron chi connectivity index (χ4n) is 7.05. The molecule has 4 aliphatic carbocycles. The van der Waals surface area contributed by atoms with Crippen LogP contribution in [0.25, 0.3) is 5.57 Å². The Labute approximate surface area is 158 Å². The molecule has 0 saturated heterocycles. The summed E-state index contributed by atoms with van der Waals surface area (Å²) in [6.07, 6.45) is 15.8. The van der Waals surface area contributed by atoms with E-state index in [4.69, 9.17) is 1.37 Å². The SMILES string of the molecule is [2H]c1cncc(C2=CCC3C4CCC5=CC(=O)CC[C@]5(C)C4CC[C@]23C)c1. The van der Waals surface area contributed by atoms with E-state index in [0.717, 1.165) is 43.1 Å². The lowest BCUT2D eigenvalue weighted by Gasteiger charge is -2.57. The van der Waals surface area contributed by atoms with Crippen molar-refractivity contribution < 1.29 is 6.17 Å². The fourth-order valence-corrected chi connectivity index (χ4v) is 7.05. The van der Waals surface area contributed by atoms with Gasteiger partial charge in [0.15, 0.2) is 5.78 Å². The number of carbonyl (C=O) groups excluding carboxylic acids is 1. The highest BCUT2D eigenvalue weighted by molar-refractivity contribution is 5.91. The number of aromatic nitrogens is 1. The molecule has 5 rings (SSSR count). The zero-order chi connectivity index (χ0) is 18.8. The number of fused-ring (bicyclic) bond motifs is 5. The second-order valence-electron chi connectivity index (χ2n) is 9.45. The molecule has 1 aromatic heterocycles. The maximum Gasteiger partial charge on any atom is 0.155 e. The van der Waals surface area contributed by atoms with Crippen LogP contribution in [0.3, 0.4) is 0 Å². The Morgan fingerprint density at radius 3 is 2.88 bits per heavy atom. The summed E-state index contributed by atoms with van der Waals surface area (Å²) < 4.78 is 7.96. The highest BCUT2D eigenvalue weighted by atomic mass is 16.1. The highest BCUT2D eigenvalue weighted by Gasteiger charge is 2.57. The number of pyridine rings is 1. The van der Waals surface area contributed by atoms with Crippen molar-refractivity contribution in [1.82, 2.24) is 4.98 Å². The predicted molar refractivity (Wildman–Crippen MR) is 104 cm³/mol. The average molecular weight is 349 g/mol. The number of ketones is 1. The third-order valence-electron chi connectivity index (χ3n) is 8.46. The molecule has 3 unspecified atom stereocenters. The minimum absolute atomic E-state index is 0.207. The number of carbonyl (C=O) groups is 1. The third-order valence-corrected chi connectivity index (χ3v) is 8.46. The minimum Gasteiger partial charge on any atom is -0.295 e. The van der Waals surface area contributed by atoms with E-state index in [0.29, 0.717) is 17.7 Å². The van der Waals surface area contributed by atoms with Gasteiger partial charge in [0, 0.05) is 18.8 Å². The summed E-state index contributed by atoms with van der Waals surface area (Å²) in [5, 5.41) is 0. The molecule has 0 bridgehead atoms. The molecule has 4 aliphatic rings. The molecule has 136 valence electrons. The van der Waals surface area contributed by atoms with Crippen LogP contribution in [0, 0.1) is 28.6 Å². The van der Waals surface area contributed by atoms with Crippen LogP contribution in [0.4, 0.5) is 0 Å². The van der Waals surface area contributed by atoms with Crippen molar-refractivity contribution in [3.05, 3.63) is 47.8 Å². The second-order valence-corrected chi connectivity index (χ2v) is 9.45. The fraction of sp³-hybridized carbons (Fsp3) is 0.583. The molecule has 0 aliphatic heterocycles. The van der Waals surface area contributed by atoms with E-state index >= 15 is 0 Å². The topological polar surface area (TPSA) is 30.0 Å². The van der Waals surface area contributed by atoms with E-state index in [1.807, 2.05) is 18.3 Å². The number of hydrogen-bond acceptors (Lipinski definition) is 2. The summed E-state index contributed by atoms with van der Waals surface area (Å²) in [6.45, 7) is 4.91. The van der Waals surface area contributed by atoms with Gasteiger partial charge in [-0.15, -0.1) is 0 Å². The first-order valence-corrected chi connectivity index (χ1v) is 10.3. The van der Waals surface area contributed by atoms with Crippen molar-refractivity contribution in [2.24, 2.45) is 28.6 Å². The molecule has 2 nitrogen and oxygen atoms in total. The summed E-state index contributed by atoms with van der Waals surface area (Å²) in [6, 6.07) is 2.48. The van der Waals surface area contributed by atoms with E-state index in [2.05, 4.69) is 24.9 Å². The summed E-state index contributed by atoms with van der Waals surface area (Å²) in [4.78, 5) is 16.3. The quantitative estimate of drug-likeness (QED) is 0.660. The normalized spacial score (nSPS) is 42.2. The number of hydrogen-bond donors (Lipinski definition) is 0. The van der Waals surface area contributed by atoms with Crippen molar-refractivity contribution in [3.8, 4) is 0 Å². The van der Waals surface area contributed by atoms with Crippen molar-refractivity contribution >= 4 is 11.4 Å². The van der Waals surface area contributed by atoms with E-state index in [-0.39, 0.29) is 10.8 Å². The standard InChI is InChI=1S/C24H29NO/c1-23-11-9-18(26)14-17(23)5-6-19-21-8-7-20(16-4-3-13-25-15-16)24(21,2)12-10-22(19)23/h3-4,7,13-15,19,21-22H,5-6,8-12H2,1-2H3/t19?,21?,22?,23-,24+/m0/s1/i3D. The number of rotatable bonds is 1. The molecule has 2 heteroatoms. The number of nitrogens with zero attached hydrogens (tertiary/aromatic N) is 1. The molecule has 0 N–H and O–H groups in total. The van der Waals surface area contributed by atoms with E-state index in [9.17, 15) is 4.79 Å². The molecule has 1 aromatic rings. The predicted octanol–water partition coefficient (Wildman–Crippen LogP) is 5.61. The van der Waals surface area contributed by atoms with E-state index in [1.54, 1.807) is 6.20 Å². The lowest BCUT2D eigenvalue weighted by Crippen LogP contribution is -2.49. The average Bonchev–Trinajstić information content (AvgIpc) is 2.99. The summed E-state index contributed by atoms with van der Waals surface area (Å²) in [5.41, 5.74) is 4.47. The molecular formula is C24H29NO. The Morgan fingerprint density at radius 2 is 2.04 bits per heavy atom. The van der Waals surface area contributed by atoms with Gasteiger partial charge >= 0.3 is 0 Å².